The molecule has 0 atom stereocenters. The number of para-hydroxylation sites is 1. The first-order valence-electron chi connectivity index (χ1n) is 7.81. The molecule has 23 heavy (non-hydrogen) atoms. The van der Waals surface area contributed by atoms with Gasteiger partial charge in [0.25, 0.3) is 0 Å². The Bertz CT molecular complexity index is 607. The molecule has 0 fully saturated rings. The number of esters is 1. The minimum absolute atomic E-state index is 0.197. The summed E-state index contributed by atoms with van der Waals surface area (Å²) < 4.78 is 38.3. The maximum absolute atomic E-state index is 11.7. The van der Waals surface area contributed by atoms with Gasteiger partial charge < -0.3 is 9.29 Å². The molecule has 0 aromatic heterocycles. The summed E-state index contributed by atoms with van der Waals surface area (Å²) in [6.07, 6.45) is 9.24. The lowest BCUT2D eigenvalue weighted by atomic mass is 10.1. The molecule has 1 aromatic rings. The van der Waals surface area contributed by atoms with E-state index in [-0.39, 0.29) is 12.2 Å². The summed E-state index contributed by atoms with van der Waals surface area (Å²) in [4.78, 5) is 11.2. The molecule has 6 heteroatoms. The lowest BCUT2D eigenvalue weighted by Crippen LogP contribution is -2.11. The highest BCUT2D eigenvalue weighted by molar-refractivity contribution is 7.85. The fourth-order valence-corrected chi connectivity index (χ4v) is 2.78. The van der Waals surface area contributed by atoms with Crippen molar-refractivity contribution in [2.75, 3.05) is 0 Å². The van der Waals surface area contributed by atoms with Crippen LogP contribution in [0.4, 0.5) is 0 Å². The fraction of sp³-hybridized carbons (Fsp3) is 0.471. The van der Waals surface area contributed by atoms with E-state index in [1.54, 1.807) is 0 Å². The molecule has 1 rings (SSSR count). The third kappa shape index (κ3) is 7.95. The molecule has 0 heterocycles. The van der Waals surface area contributed by atoms with E-state index in [9.17, 15) is 17.8 Å². The van der Waals surface area contributed by atoms with Gasteiger partial charge in [0.15, 0.2) is 0 Å². The first-order chi connectivity index (χ1) is 10.9. The number of carbonyl (C=O) groups excluding carboxylic acids is 1. The Morgan fingerprint density at radius 3 is 2.35 bits per heavy atom. The van der Waals surface area contributed by atoms with Gasteiger partial charge in [0, 0.05) is 6.42 Å². The van der Waals surface area contributed by atoms with Gasteiger partial charge in [-0.1, -0.05) is 43.9 Å². The van der Waals surface area contributed by atoms with Crippen LogP contribution in [-0.2, 0) is 14.9 Å². The normalized spacial score (nSPS) is 11.2. The zero-order valence-electron chi connectivity index (χ0n) is 13.2. The smallest absolute Gasteiger partial charge is 0.311 e. The van der Waals surface area contributed by atoms with Gasteiger partial charge in [-0.3, -0.25) is 4.79 Å². The van der Waals surface area contributed by atoms with Gasteiger partial charge in [0.1, 0.15) is 15.9 Å². The summed E-state index contributed by atoms with van der Waals surface area (Å²) in [6, 6.07) is 5.37. The van der Waals surface area contributed by atoms with Crippen molar-refractivity contribution in [1.82, 2.24) is 0 Å². The van der Waals surface area contributed by atoms with Crippen LogP contribution < -0.4 is 4.74 Å². The SMILES string of the molecule is C=CCCCCCCCCC(=O)Oc1ccccc1S(=O)(=O)[O-]. The number of hydrogen-bond acceptors (Lipinski definition) is 5. The Labute approximate surface area is 138 Å². The fourth-order valence-electron chi connectivity index (χ4n) is 2.18. The predicted octanol–water partition coefficient (Wildman–Crippen LogP) is 3.80. The van der Waals surface area contributed by atoms with Crippen molar-refractivity contribution in [2.24, 2.45) is 0 Å². The number of unbranched alkanes of at least 4 members (excludes halogenated alkanes) is 6. The number of benzene rings is 1. The molecule has 0 amide bonds. The molecule has 0 radical (unpaired) electrons. The van der Waals surface area contributed by atoms with Crippen molar-refractivity contribution < 1.29 is 22.5 Å². The maximum Gasteiger partial charge on any atom is 0.311 e. The van der Waals surface area contributed by atoms with E-state index in [2.05, 4.69) is 6.58 Å². The van der Waals surface area contributed by atoms with Crippen LogP contribution in [0, 0.1) is 0 Å². The van der Waals surface area contributed by atoms with E-state index in [1.165, 1.54) is 18.2 Å². The van der Waals surface area contributed by atoms with E-state index in [0.717, 1.165) is 44.6 Å². The number of carbonyl (C=O) groups is 1. The molecule has 0 aliphatic carbocycles. The van der Waals surface area contributed by atoms with E-state index in [1.807, 2.05) is 6.08 Å². The topological polar surface area (TPSA) is 83.5 Å². The zero-order chi connectivity index (χ0) is 17.1. The summed E-state index contributed by atoms with van der Waals surface area (Å²) in [6.45, 7) is 3.67. The molecule has 0 saturated carbocycles. The number of hydrogen-bond donors (Lipinski definition) is 0. The molecule has 0 spiro atoms. The Kier molecular flexibility index (Phi) is 8.58. The first kappa shape index (κ1) is 19.4. The standard InChI is InChI=1S/C17H24O5S/c1-2-3-4-5-6-7-8-9-14-17(18)22-15-12-10-11-13-16(15)23(19,20)21/h2,10-13H,1,3-9,14H2,(H,19,20,21)/p-1. The van der Waals surface area contributed by atoms with Crippen molar-refractivity contribution in [3.63, 3.8) is 0 Å². The second kappa shape index (κ2) is 10.2. The van der Waals surface area contributed by atoms with Gasteiger partial charge in [-0.05, 0) is 31.4 Å². The highest BCUT2D eigenvalue weighted by atomic mass is 32.2. The average Bonchev–Trinajstić information content (AvgIpc) is 2.49. The lowest BCUT2D eigenvalue weighted by Gasteiger charge is -2.12. The molecule has 0 saturated heterocycles. The largest absolute Gasteiger partial charge is 0.744 e. The summed E-state index contributed by atoms with van der Waals surface area (Å²) >= 11 is 0. The molecule has 0 bridgehead atoms. The van der Waals surface area contributed by atoms with E-state index >= 15 is 0 Å². The molecule has 128 valence electrons. The molecule has 0 unspecified atom stereocenters. The number of ether oxygens (including phenoxy) is 1. The van der Waals surface area contributed by atoms with E-state index < -0.39 is 21.0 Å². The van der Waals surface area contributed by atoms with Crippen LogP contribution in [0.3, 0.4) is 0 Å². The Morgan fingerprint density at radius 2 is 1.70 bits per heavy atom. The highest BCUT2D eigenvalue weighted by Gasteiger charge is 2.12. The van der Waals surface area contributed by atoms with Crippen LogP contribution in [-0.4, -0.2) is 18.9 Å². The second-order valence-electron chi connectivity index (χ2n) is 5.32. The zero-order valence-corrected chi connectivity index (χ0v) is 14.0. The third-order valence-electron chi connectivity index (χ3n) is 3.38. The van der Waals surface area contributed by atoms with Gasteiger partial charge in [-0.25, -0.2) is 8.42 Å². The van der Waals surface area contributed by atoms with E-state index in [0.29, 0.717) is 6.42 Å². The van der Waals surface area contributed by atoms with Gasteiger partial charge >= 0.3 is 5.97 Å². The molecule has 0 N–H and O–H groups in total. The summed E-state index contributed by atoms with van der Waals surface area (Å²) in [5.74, 6) is -0.718. The van der Waals surface area contributed by atoms with E-state index in [4.69, 9.17) is 4.74 Å². The van der Waals surface area contributed by atoms with Crippen LogP contribution >= 0.6 is 0 Å². The highest BCUT2D eigenvalue weighted by Crippen LogP contribution is 2.23. The minimum atomic E-state index is -4.65. The molecular weight excluding hydrogens is 316 g/mol. The first-order valence-corrected chi connectivity index (χ1v) is 9.22. The van der Waals surface area contributed by atoms with Crippen LogP contribution in [0.25, 0.3) is 0 Å². The molecule has 1 aromatic carbocycles. The molecule has 5 nitrogen and oxygen atoms in total. The van der Waals surface area contributed by atoms with Gasteiger partial charge in [0.05, 0.1) is 4.90 Å². The third-order valence-corrected chi connectivity index (χ3v) is 4.26. The number of allylic oxidation sites excluding steroid dienone is 1. The average molecular weight is 339 g/mol. The van der Waals surface area contributed by atoms with Crippen LogP contribution in [0.2, 0.25) is 0 Å². The molecular formula is C17H23O5S-. The van der Waals surface area contributed by atoms with Gasteiger partial charge in [-0.2, -0.15) is 0 Å². The summed E-state index contributed by atoms with van der Waals surface area (Å²) in [7, 11) is -4.65. The maximum atomic E-state index is 11.7. The second-order valence-corrected chi connectivity index (χ2v) is 6.67. The predicted molar refractivity (Wildman–Crippen MR) is 87.2 cm³/mol. The lowest BCUT2D eigenvalue weighted by molar-refractivity contribution is -0.134. The van der Waals surface area contributed by atoms with Crippen LogP contribution in [0.1, 0.15) is 51.4 Å². The molecule has 0 aliphatic heterocycles. The van der Waals surface area contributed by atoms with Crippen molar-refractivity contribution in [2.45, 2.75) is 56.3 Å². The Hall–Kier alpha value is -1.66. The van der Waals surface area contributed by atoms with Crippen molar-refractivity contribution in [1.29, 1.82) is 0 Å². The molecule has 0 aliphatic rings. The van der Waals surface area contributed by atoms with Gasteiger partial charge in [-0.15, -0.1) is 6.58 Å². The number of rotatable bonds is 11. The monoisotopic (exact) mass is 339 g/mol. The van der Waals surface area contributed by atoms with Crippen molar-refractivity contribution >= 4 is 16.1 Å². The van der Waals surface area contributed by atoms with Crippen LogP contribution in [0.15, 0.2) is 41.8 Å². The summed E-state index contributed by atoms with van der Waals surface area (Å²) in [5.41, 5.74) is 0. The van der Waals surface area contributed by atoms with Crippen LogP contribution in [0.5, 0.6) is 5.75 Å². The summed E-state index contributed by atoms with van der Waals surface area (Å²) in [5, 5.41) is 0. The quantitative estimate of drug-likeness (QED) is 0.201. The van der Waals surface area contributed by atoms with Crippen molar-refractivity contribution in [3.05, 3.63) is 36.9 Å². The van der Waals surface area contributed by atoms with Gasteiger partial charge in [0.2, 0.25) is 0 Å². The minimum Gasteiger partial charge on any atom is -0.744 e. The van der Waals surface area contributed by atoms with Crippen molar-refractivity contribution in [3.8, 4) is 5.75 Å². The Balaban J connectivity index is 2.31. The Morgan fingerprint density at radius 1 is 1.09 bits per heavy atom.